The Hall–Kier alpha value is -0.130. The van der Waals surface area contributed by atoms with E-state index in [1.165, 1.54) is 0 Å². The summed E-state index contributed by atoms with van der Waals surface area (Å²) in [5, 5.41) is 7.05. The predicted molar refractivity (Wildman–Crippen MR) is 83.8 cm³/mol. The molecule has 2 rings (SSSR count). The van der Waals surface area contributed by atoms with Crippen LogP contribution < -0.4 is 10.6 Å². The van der Waals surface area contributed by atoms with Gasteiger partial charge in [-0.25, -0.2) is 0 Å². The standard InChI is InChI=1S/C12H13Cl3N2OS/c13-8-1-9(14)12(10(15)2-8)17-11(18)6-19-5-7-3-16-4-7/h1-2,7,16H,3-6H2,(H,17,18). The SMILES string of the molecule is O=C(CSCC1CNC1)Nc1c(Cl)cc(Cl)cc1Cl. The molecular weight excluding hydrogens is 327 g/mol. The summed E-state index contributed by atoms with van der Waals surface area (Å²) in [6, 6.07) is 3.11. The lowest BCUT2D eigenvalue weighted by Gasteiger charge is -2.26. The van der Waals surface area contributed by atoms with E-state index in [1.807, 2.05) is 0 Å². The molecule has 3 nitrogen and oxygen atoms in total. The summed E-state index contributed by atoms with van der Waals surface area (Å²) in [6.07, 6.45) is 0. The van der Waals surface area contributed by atoms with Crippen LogP contribution in [0.15, 0.2) is 12.1 Å². The fourth-order valence-corrected chi connectivity index (χ4v) is 3.48. The Kier molecular flexibility index (Phi) is 5.66. The van der Waals surface area contributed by atoms with Crippen LogP contribution in [-0.2, 0) is 4.79 Å². The molecule has 1 aromatic carbocycles. The van der Waals surface area contributed by atoms with Crippen LogP contribution in [0.25, 0.3) is 0 Å². The Labute approximate surface area is 131 Å². The van der Waals surface area contributed by atoms with Crippen LogP contribution in [0.4, 0.5) is 5.69 Å². The van der Waals surface area contributed by atoms with Gasteiger partial charge in [0, 0.05) is 5.02 Å². The number of amides is 1. The van der Waals surface area contributed by atoms with Crippen molar-refractivity contribution in [2.75, 3.05) is 29.9 Å². The highest BCUT2D eigenvalue weighted by molar-refractivity contribution is 7.99. The third kappa shape index (κ3) is 4.43. The summed E-state index contributed by atoms with van der Waals surface area (Å²) in [5.41, 5.74) is 0.420. The summed E-state index contributed by atoms with van der Waals surface area (Å²) in [6.45, 7) is 2.09. The minimum atomic E-state index is -0.108. The Balaban J connectivity index is 1.84. The molecule has 1 aliphatic rings. The topological polar surface area (TPSA) is 41.1 Å². The lowest BCUT2D eigenvalue weighted by molar-refractivity contribution is -0.113. The second kappa shape index (κ2) is 7.04. The summed E-state index contributed by atoms with van der Waals surface area (Å²) < 4.78 is 0. The lowest BCUT2D eigenvalue weighted by atomic mass is 10.1. The van der Waals surface area contributed by atoms with Crippen molar-refractivity contribution in [3.63, 3.8) is 0 Å². The molecule has 0 aromatic heterocycles. The molecule has 0 unspecified atom stereocenters. The zero-order valence-electron chi connectivity index (χ0n) is 10.0. The quantitative estimate of drug-likeness (QED) is 0.862. The molecule has 7 heteroatoms. The number of anilines is 1. The maximum absolute atomic E-state index is 11.8. The largest absolute Gasteiger partial charge is 0.323 e. The van der Waals surface area contributed by atoms with Crippen molar-refractivity contribution in [3.05, 3.63) is 27.2 Å². The zero-order valence-corrected chi connectivity index (χ0v) is 13.1. The molecule has 1 heterocycles. The second-order valence-corrected chi connectivity index (χ2v) is 6.61. The van der Waals surface area contributed by atoms with Gasteiger partial charge < -0.3 is 10.6 Å². The van der Waals surface area contributed by atoms with Crippen molar-refractivity contribution in [2.24, 2.45) is 5.92 Å². The molecule has 2 N–H and O–H groups in total. The number of nitrogens with one attached hydrogen (secondary N) is 2. The van der Waals surface area contributed by atoms with Crippen LogP contribution in [0, 0.1) is 5.92 Å². The molecule has 104 valence electrons. The highest BCUT2D eigenvalue weighted by Crippen LogP contribution is 2.33. The molecule has 0 aliphatic carbocycles. The third-order valence-electron chi connectivity index (χ3n) is 2.72. The molecular formula is C12H13Cl3N2OS. The Morgan fingerprint density at radius 2 is 1.95 bits per heavy atom. The molecule has 0 radical (unpaired) electrons. The van der Waals surface area contributed by atoms with Gasteiger partial charge in [-0.05, 0) is 36.9 Å². The number of halogens is 3. The maximum atomic E-state index is 11.8. The van der Waals surface area contributed by atoms with Gasteiger partial charge in [-0.1, -0.05) is 34.8 Å². The monoisotopic (exact) mass is 338 g/mol. The van der Waals surface area contributed by atoms with E-state index < -0.39 is 0 Å². The normalized spacial score (nSPS) is 15.1. The number of carbonyl (C=O) groups excluding carboxylic acids is 1. The highest BCUT2D eigenvalue weighted by Gasteiger charge is 2.17. The minimum absolute atomic E-state index is 0.108. The molecule has 0 spiro atoms. The molecule has 0 saturated carbocycles. The van der Waals surface area contributed by atoms with E-state index in [0.717, 1.165) is 18.8 Å². The van der Waals surface area contributed by atoms with Gasteiger partial charge in [-0.3, -0.25) is 4.79 Å². The van der Waals surface area contributed by atoms with Crippen LogP contribution in [0.5, 0.6) is 0 Å². The van der Waals surface area contributed by atoms with Crippen molar-refractivity contribution in [3.8, 4) is 0 Å². The van der Waals surface area contributed by atoms with Gasteiger partial charge in [-0.15, -0.1) is 0 Å². The summed E-state index contributed by atoms with van der Waals surface area (Å²) >= 11 is 19.4. The first-order valence-electron chi connectivity index (χ1n) is 5.79. The van der Waals surface area contributed by atoms with Gasteiger partial charge in [0.2, 0.25) is 5.91 Å². The first-order chi connectivity index (χ1) is 9.06. The lowest BCUT2D eigenvalue weighted by Crippen LogP contribution is -2.43. The minimum Gasteiger partial charge on any atom is -0.323 e. The number of hydrogen-bond donors (Lipinski definition) is 2. The number of thioether (sulfide) groups is 1. The van der Waals surface area contributed by atoms with E-state index >= 15 is 0 Å². The predicted octanol–water partition coefficient (Wildman–Crippen LogP) is 3.54. The molecule has 19 heavy (non-hydrogen) atoms. The van der Waals surface area contributed by atoms with Crippen LogP contribution in [0.1, 0.15) is 0 Å². The van der Waals surface area contributed by atoms with Crippen LogP contribution in [0.3, 0.4) is 0 Å². The first-order valence-corrected chi connectivity index (χ1v) is 8.08. The molecule has 1 saturated heterocycles. The summed E-state index contributed by atoms with van der Waals surface area (Å²) in [7, 11) is 0. The summed E-state index contributed by atoms with van der Waals surface area (Å²) in [5.74, 6) is 1.96. The average molecular weight is 340 g/mol. The third-order valence-corrected chi connectivity index (χ3v) is 4.71. The van der Waals surface area contributed by atoms with Crippen molar-refractivity contribution in [2.45, 2.75) is 0 Å². The van der Waals surface area contributed by atoms with E-state index in [4.69, 9.17) is 34.8 Å². The van der Waals surface area contributed by atoms with E-state index in [0.29, 0.717) is 32.4 Å². The Morgan fingerprint density at radius 3 is 2.47 bits per heavy atom. The van der Waals surface area contributed by atoms with Crippen LogP contribution in [0.2, 0.25) is 15.1 Å². The van der Waals surface area contributed by atoms with Gasteiger partial charge in [0.15, 0.2) is 0 Å². The Bertz CT molecular complexity index is 457. The summed E-state index contributed by atoms with van der Waals surface area (Å²) in [4.78, 5) is 11.8. The van der Waals surface area contributed by atoms with E-state index in [1.54, 1.807) is 23.9 Å². The van der Waals surface area contributed by atoms with Gasteiger partial charge >= 0.3 is 0 Å². The van der Waals surface area contributed by atoms with Gasteiger partial charge in [0.25, 0.3) is 0 Å². The molecule has 0 atom stereocenters. The fourth-order valence-electron chi connectivity index (χ4n) is 1.62. The van der Waals surface area contributed by atoms with Crippen molar-refractivity contribution in [1.29, 1.82) is 0 Å². The highest BCUT2D eigenvalue weighted by atomic mass is 35.5. The maximum Gasteiger partial charge on any atom is 0.234 e. The molecule has 1 aliphatic heterocycles. The van der Waals surface area contributed by atoms with Gasteiger partial charge in [0.05, 0.1) is 21.5 Å². The van der Waals surface area contributed by atoms with E-state index in [9.17, 15) is 4.79 Å². The van der Waals surface area contributed by atoms with E-state index in [2.05, 4.69) is 10.6 Å². The number of benzene rings is 1. The molecule has 1 amide bonds. The van der Waals surface area contributed by atoms with Crippen LogP contribution in [-0.4, -0.2) is 30.5 Å². The first kappa shape index (κ1) is 15.3. The van der Waals surface area contributed by atoms with Crippen LogP contribution >= 0.6 is 46.6 Å². The molecule has 1 aromatic rings. The van der Waals surface area contributed by atoms with E-state index in [-0.39, 0.29) is 5.91 Å². The number of rotatable bonds is 5. The van der Waals surface area contributed by atoms with Crippen molar-refractivity contribution in [1.82, 2.24) is 5.32 Å². The van der Waals surface area contributed by atoms with Gasteiger partial charge in [0.1, 0.15) is 0 Å². The second-order valence-electron chi connectivity index (χ2n) is 4.33. The Morgan fingerprint density at radius 1 is 1.32 bits per heavy atom. The average Bonchev–Trinajstić information content (AvgIpc) is 2.27. The van der Waals surface area contributed by atoms with Crippen molar-refractivity contribution < 1.29 is 4.79 Å². The van der Waals surface area contributed by atoms with Gasteiger partial charge in [-0.2, -0.15) is 11.8 Å². The number of hydrogen-bond acceptors (Lipinski definition) is 3. The van der Waals surface area contributed by atoms with Crippen molar-refractivity contribution >= 4 is 58.2 Å². The molecule has 1 fully saturated rings. The number of carbonyl (C=O) groups is 1. The zero-order chi connectivity index (χ0) is 13.8. The fraction of sp³-hybridized carbons (Fsp3) is 0.417. The molecule has 0 bridgehead atoms. The smallest absolute Gasteiger partial charge is 0.234 e.